The molecule has 0 atom stereocenters. The Morgan fingerprint density at radius 1 is 1.14 bits per heavy atom. The molecule has 118 valence electrons. The number of aliphatic carboxylic acids is 1. The van der Waals surface area contributed by atoms with E-state index in [2.05, 4.69) is 25.8 Å². The second kappa shape index (κ2) is 5.33. The number of rotatable bonds is 3. The molecule has 1 saturated heterocycles. The van der Waals surface area contributed by atoms with Crippen LogP contribution >= 0.6 is 15.9 Å². The number of hydrogen-bond acceptors (Lipinski definition) is 4. The number of carbonyl (C=O) groups is 2. The van der Waals surface area contributed by atoms with Crippen molar-refractivity contribution in [2.45, 2.75) is 39.5 Å². The van der Waals surface area contributed by atoms with Gasteiger partial charge in [-0.3, -0.25) is 9.78 Å². The molecular formula is C16H19BrN2O3. The van der Waals surface area contributed by atoms with Gasteiger partial charge in [0.05, 0.1) is 27.1 Å². The Balaban J connectivity index is 2.04. The van der Waals surface area contributed by atoms with E-state index in [9.17, 15) is 9.59 Å². The first-order valence-electron chi connectivity index (χ1n) is 7.54. The van der Waals surface area contributed by atoms with Gasteiger partial charge in [-0.05, 0) is 60.9 Å². The molecule has 5 nitrogen and oxygen atoms in total. The van der Waals surface area contributed by atoms with Crippen LogP contribution < -0.4 is 4.90 Å². The Bertz CT molecular complexity index is 658. The van der Waals surface area contributed by atoms with Crippen LogP contribution in [0, 0.1) is 19.3 Å². The van der Waals surface area contributed by atoms with Gasteiger partial charge < -0.3 is 10.0 Å². The predicted molar refractivity (Wildman–Crippen MR) is 86.5 cm³/mol. The molecule has 0 amide bonds. The van der Waals surface area contributed by atoms with Crippen LogP contribution in [0.2, 0.25) is 0 Å². The summed E-state index contributed by atoms with van der Waals surface area (Å²) in [6, 6.07) is 0. The molecule has 2 fully saturated rings. The number of piperidine rings is 1. The van der Waals surface area contributed by atoms with Crippen molar-refractivity contribution < 1.29 is 14.7 Å². The average Bonchev–Trinajstić information content (AvgIpc) is 3.22. The Labute approximate surface area is 137 Å². The van der Waals surface area contributed by atoms with Gasteiger partial charge in [-0.25, -0.2) is 4.79 Å². The van der Waals surface area contributed by atoms with E-state index >= 15 is 0 Å². The summed E-state index contributed by atoms with van der Waals surface area (Å²) < 4.78 is 0.731. The highest BCUT2D eigenvalue weighted by atomic mass is 79.9. The smallest absolute Gasteiger partial charge is 0.377 e. The molecule has 0 bridgehead atoms. The van der Waals surface area contributed by atoms with Crippen LogP contribution in [0.3, 0.4) is 0 Å². The highest BCUT2D eigenvalue weighted by molar-refractivity contribution is 9.10. The van der Waals surface area contributed by atoms with Gasteiger partial charge in [-0.15, -0.1) is 0 Å². The number of hydrogen-bond donors (Lipinski definition) is 1. The molecule has 0 radical (unpaired) electrons. The largest absolute Gasteiger partial charge is 0.475 e. The van der Waals surface area contributed by atoms with E-state index in [0.29, 0.717) is 16.8 Å². The van der Waals surface area contributed by atoms with Crippen molar-refractivity contribution in [3.8, 4) is 0 Å². The first kappa shape index (κ1) is 15.5. The van der Waals surface area contributed by atoms with E-state index in [1.807, 2.05) is 6.92 Å². The van der Waals surface area contributed by atoms with E-state index in [1.54, 1.807) is 6.92 Å². The van der Waals surface area contributed by atoms with Crippen molar-refractivity contribution >= 4 is 33.4 Å². The quantitative estimate of drug-likeness (QED) is 0.657. The van der Waals surface area contributed by atoms with Crippen LogP contribution in [0.5, 0.6) is 0 Å². The minimum absolute atomic E-state index is 0.219. The number of nitrogens with zero attached hydrogens (tertiary/aromatic N) is 2. The topological polar surface area (TPSA) is 70.5 Å². The molecule has 1 aromatic heterocycles. The first-order valence-corrected chi connectivity index (χ1v) is 8.33. The predicted octanol–water partition coefficient (Wildman–Crippen LogP) is 3.11. The molecular weight excluding hydrogens is 348 g/mol. The van der Waals surface area contributed by atoms with Gasteiger partial charge in [0, 0.05) is 13.1 Å². The highest BCUT2D eigenvalue weighted by Crippen LogP contribution is 2.54. The minimum Gasteiger partial charge on any atom is -0.475 e. The molecule has 2 aliphatic rings. The fourth-order valence-electron chi connectivity index (χ4n) is 3.37. The van der Waals surface area contributed by atoms with Crippen molar-refractivity contribution in [1.29, 1.82) is 0 Å². The molecule has 1 aliphatic carbocycles. The Kier molecular flexibility index (Phi) is 3.75. The fraction of sp³-hybridized carbons (Fsp3) is 0.562. The zero-order chi connectivity index (χ0) is 16.1. The number of carbonyl (C=O) groups excluding carboxylic acids is 1. The zero-order valence-corrected chi connectivity index (χ0v) is 14.4. The van der Waals surface area contributed by atoms with Crippen LogP contribution in [-0.2, 0) is 4.79 Å². The van der Waals surface area contributed by atoms with Gasteiger partial charge in [0.15, 0.2) is 0 Å². The second-order valence-electron chi connectivity index (χ2n) is 6.44. The van der Waals surface area contributed by atoms with Crippen LogP contribution in [-0.4, -0.2) is 34.9 Å². The van der Waals surface area contributed by atoms with Gasteiger partial charge in [0.25, 0.3) is 5.78 Å². The van der Waals surface area contributed by atoms with Gasteiger partial charge in [-0.2, -0.15) is 0 Å². The van der Waals surface area contributed by atoms with Crippen LogP contribution in [0.25, 0.3) is 0 Å². The van der Waals surface area contributed by atoms with Gasteiger partial charge in [0.1, 0.15) is 0 Å². The summed E-state index contributed by atoms with van der Waals surface area (Å²) in [5, 5.41) is 9.12. The van der Waals surface area contributed by atoms with Crippen LogP contribution in [0.1, 0.15) is 47.4 Å². The maximum atomic E-state index is 12.1. The number of anilines is 1. The van der Waals surface area contributed by atoms with Crippen molar-refractivity contribution in [1.82, 2.24) is 4.98 Å². The number of halogens is 1. The number of carboxylic acids is 1. The number of carboxylic acid groups (broad SMARTS) is 1. The molecule has 1 spiro atoms. The lowest BCUT2D eigenvalue weighted by molar-refractivity contribution is -0.131. The van der Waals surface area contributed by atoms with E-state index in [4.69, 9.17) is 5.11 Å². The molecule has 3 rings (SSSR count). The third-order valence-corrected chi connectivity index (χ3v) is 5.93. The number of pyridine rings is 1. The molecule has 1 N–H and O–H groups in total. The van der Waals surface area contributed by atoms with E-state index < -0.39 is 11.8 Å². The van der Waals surface area contributed by atoms with Crippen molar-refractivity contribution in [2.24, 2.45) is 5.41 Å². The SMILES string of the molecule is Cc1nc(C)c(C(=O)C(=O)O)c(N2CCC3(CC2)CC3)c1Br. The molecule has 6 heteroatoms. The average molecular weight is 367 g/mol. The van der Waals surface area contributed by atoms with Gasteiger partial charge in [-0.1, -0.05) is 0 Å². The van der Waals surface area contributed by atoms with E-state index in [1.165, 1.54) is 12.8 Å². The lowest BCUT2D eigenvalue weighted by atomic mass is 9.92. The Morgan fingerprint density at radius 3 is 2.23 bits per heavy atom. The number of Topliss-reactive ketones (excluding diaryl/α,β-unsaturated/α-hetero) is 1. The van der Waals surface area contributed by atoms with E-state index in [-0.39, 0.29) is 5.56 Å². The number of ketones is 1. The van der Waals surface area contributed by atoms with Gasteiger partial charge in [0.2, 0.25) is 0 Å². The second-order valence-corrected chi connectivity index (χ2v) is 7.23. The standard InChI is InChI=1S/C16H19BrN2O3/c1-9-11(14(20)15(21)22)13(12(17)10(2)18-9)19-7-5-16(3-4-16)6-8-19/h3-8H2,1-2H3,(H,21,22). The third-order valence-electron chi connectivity index (χ3n) is 4.98. The van der Waals surface area contributed by atoms with Crippen molar-refractivity contribution in [3.05, 3.63) is 21.4 Å². The summed E-state index contributed by atoms with van der Waals surface area (Å²) >= 11 is 3.51. The van der Waals surface area contributed by atoms with E-state index in [0.717, 1.165) is 36.1 Å². The number of aromatic nitrogens is 1. The third kappa shape index (κ3) is 2.53. The van der Waals surface area contributed by atoms with Gasteiger partial charge >= 0.3 is 5.97 Å². The summed E-state index contributed by atoms with van der Waals surface area (Å²) in [5.41, 5.74) is 2.71. The highest BCUT2D eigenvalue weighted by Gasteiger charge is 2.45. The monoisotopic (exact) mass is 366 g/mol. The molecule has 1 saturated carbocycles. The zero-order valence-electron chi connectivity index (χ0n) is 12.8. The fourth-order valence-corrected chi connectivity index (χ4v) is 3.90. The number of aryl methyl sites for hydroxylation is 2. The molecule has 0 unspecified atom stereocenters. The summed E-state index contributed by atoms with van der Waals surface area (Å²) in [4.78, 5) is 29.8. The van der Waals surface area contributed by atoms with Crippen molar-refractivity contribution in [2.75, 3.05) is 18.0 Å². The Hall–Kier alpha value is -1.43. The summed E-state index contributed by atoms with van der Waals surface area (Å²) in [6.07, 6.45) is 4.83. The molecule has 2 heterocycles. The minimum atomic E-state index is -1.43. The summed E-state index contributed by atoms with van der Waals surface area (Å²) in [5.74, 6) is -2.31. The maximum absolute atomic E-state index is 12.1. The lowest BCUT2D eigenvalue weighted by Crippen LogP contribution is -2.36. The molecule has 1 aliphatic heterocycles. The first-order chi connectivity index (χ1) is 10.3. The maximum Gasteiger partial charge on any atom is 0.377 e. The van der Waals surface area contributed by atoms with Crippen molar-refractivity contribution in [3.63, 3.8) is 0 Å². The summed E-state index contributed by atoms with van der Waals surface area (Å²) in [6.45, 7) is 5.29. The summed E-state index contributed by atoms with van der Waals surface area (Å²) in [7, 11) is 0. The van der Waals surface area contributed by atoms with Crippen LogP contribution in [0.4, 0.5) is 5.69 Å². The lowest BCUT2D eigenvalue weighted by Gasteiger charge is -2.35. The Morgan fingerprint density at radius 2 is 1.73 bits per heavy atom. The molecule has 22 heavy (non-hydrogen) atoms. The van der Waals surface area contributed by atoms with Crippen LogP contribution in [0.15, 0.2) is 4.47 Å². The normalized spacial score (nSPS) is 19.3. The molecule has 0 aromatic carbocycles. The molecule has 1 aromatic rings.